The van der Waals surface area contributed by atoms with Crippen LogP contribution in [0.1, 0.15) is 111 Å². The van der Waals surface area contributed by atoms with Gasteiger partial charge in [-0.25, -0.2) is 0 Å². The van der Waals surface area contributed by atoms with Gasteiger partial charge in [0.05, 0.1) is 12.1 Å². The minimum Gasteiger partial charge on any atom is -0.491 e. The van der Waals surface area contributed by atoms with E-state index in [1.807, 2.05) is 6.07 Å². The molecule has 0 spiro atoms. The number of hydrogen-bond acceptors (Lipinski definition) is 6. The molecular formula is C29H39N3O4. The molecule has 2 unspecified atom stereocenters. The van der Waals surface area contributed by atoms with Crippen LogP contribution in [-0.4, -0.2) is 35.0 Å². The minimum absolute atomic E-state index is 0.0171. The fourth-order valence-electron chi connectivity index (χ4n) is 5.67. The van der Waals surface area contributed by atoms with E-state index in [0.717, 1.165) is 35.3 Å². The molecule has 7 heteroatoms. The zero-order valence-electron chi connectivity index (χ0n) is 21.4. The number of aliphatic hydroxyl groups is 1. The number of rotatable bonds is 5. The van der Waals surface area contributed by atoms with E-state index in [-0.39, 0.29) is 24.3 Å². The fourth-order valence-corrected chi connectivity index (χ4v) is 5.67. The number of ether oxygens (including phenoxy) is 1. The van der Waals surface area contributed by atoms with Gasteiger partial charge in [0.25, 0.3) is 5.91 Å². The average Bonchev–Trinajstić information content (AvgIpc) is 3.49. The summed E-state index contributed by atoms with van der Waals surface area (Å²) in [6.45, 7) is 4.16. The van der Waals surface area contributed by atoms with E-state index < -0.39 is 6.10 Å². The summed E-state index contributed by atoms with van der Waals surface area (Å²) < 4.78 is 6.03. The van der Waals surface area contributed by atoms with Crippen molar-refractivity contribution in [2.24, 2.45) is 0 Å². The summed E-state index contributed by atoms with van der Waals surface area (Å²) >= 11 is 0. The van der Waals surface area contributed by atoms with Crippen molar-refractivity contribution in [2.75, 3.05) is 6.61 Å². The molecule has 3 aliphatic rings. The number of amides is 1. The molecule has 2 heterocycles. The number of hydroxylamine groups is 2. The molecule has 7 nitrogen and oxygen atoms in total. The number of nitrogens with zero attached hydrogens (tertiary/aromatic N) is 1. The first-order valence-corrected chi connectivity index (χ1v) is 13.6. The highest BCUT2D eigenvalue weighted by Gasteiger charge is 2.37. The summed E-state index contributed by atoms with van der Waals surface area (Å²) in [5.74, 6) is 0.639. The Labute approximate surface area is 214 Å². The highest BCUT2D eigenvalue weighted by Crippen LogP contribution is 2.38. The van der Waals surface area contributed by atoms with Gasteiger partial charge in [0.2, 0.25) is 0 Å². The quantitative estimate of drug-likeness (QED) is 0.525. The van der Waals surface area contributed by atoms with Crippen LogP contribution >= 0.6 is 0 Å². The summed E-state index contributed by atoms with van der Waals surface area (Å²) in [5.41, 5.74) is 3.36. The number of fused-ring (bicyclic) bond motifs is 1. The van der Waals surface area contributed by atoms with Gasteiger partial charge in [0.1, 0.15) is 24.8 Å². The molecule has 194 valence electrons. The lowest BCUT2D eigenvalue weighted by Crippen LogP contribution is -2.36. The maximum atomic E-state index is 12.9. The summed E-state index contributed by atoms with van der Waals surface area (Å²) in [6, 6.07) is 13.6. The van der Waals surface area contributed by atoms with Crippen molar-refractivity contribution in [3.8, 4) is 5.75 Å². The van der Waals surface area contributed by atoms with Crippen LogP contribution in [0.5, 0.6) is 5.75 Å². The molecular weight excluding hydrogens is 454 g/mol. The molecule has 0 aromatic heterocycles. The van der Waals surface area contributed by atoms with Crippen molar-refractivity contribution in [1.82, 2.24) is 15.7 Å². The predicted molar refractivity (Wildman–Crippen MR) is 138 cm³/mol. The first-order chi connectivity index (χ1) is 17.5. The Bertz CT molecular complexity index is 1050. The third kappa shape index (κ3) is 5.59. The SMILES string of the molecule is CC1NC(c2ccc3c(c2)OC[C@H]3NC(=O)c2cccc([C@H](C)O)c2)N(C2CCCCCCCC2)O1. The van der Waals surface area contributed by atoms with Crippen LogP contribution in [0.25, 0.3) is 0 Å². The Morgan fingerprint density at radius 3 is 2.58 bits per heavy atom. The Hall–Kier alpha value is -2.45. The van der Waals surface area contributed by atoms with Crippen LogP contribution in [-0.2, 0) is 4.84 Å². The van der Waals surface area contributed by atoms with E-state index in [0.29, 0.717) is 18.2 Å². The van der Waals surface area contributed by atoms with E-state index >= 15 is 0 Å². The fraction of sp³-hybridized carbons (Fsp3) is 0.552. The molecule has 1 amide bonds. The summed E-state index contributed by atoms with van der Waals surface area (Å²) in [5, 5.41) is 18.7. The van der Waals surface area contributed by atoms with E-state index in [1.165, 1.54) is 38.5 Å². The van der Waals surface area contributed by atoms with Crippen molar-refractivity contribution < 1.29 is 19.5 Å². The third-order valence-electron chi connectivity index (χ3n) is 7.68. The number of carbonyl (C=O) groups excluding carboxylic acids is 1. The van der Waals surface area contributed by atoms with Crippen molar-refractivity contribution in [3.05, 3.63) is 64.7 Å². The third-order valence-corrected chi connectivity index (χ3v) is 7.68. The lowest BCUT2D eigenvalue weighted by Gasteiger charge is -2.31. The Balaban J connectivity index is 1.30. The summed E-state index contributed by atoms with van der Waals surface area (Å²) in [6.07, 6.45) is 9.46. The van der Waals surface area contributed by atoms with Crippen molar-refractivity contribution >= 4 is 5.91 Å². The molecule has 1 saturated carbocycles. The first kappa shape index (κ1) is 25.2. The molecule has 0 radical (unpaired) electrons. The molecule has 1 aliphatic carbocycles. The predicted octanol–water partition coefficient (Wildman–Crippen LogP) is 5.29. The number of benzene rings is 2. The summed E-state index contributed by atoms with van der Waals surface area (Å²) in [4.78, 5) is 19.2. The van der Waals surface area contributed by atoms with Gasteiger partial charge < -0.3 is 15.2 Å². The van der Waals surface area contributed by atoms with Crippen LogP contribution in [0.15, 0.2) is 42.5 Å². The molecule has 2 aromatic carbocycles. The molecule has 2 aliphatic heterocycles. The Morgan fingerprint density at radius 1 is 1.08 bits per heavy atom. The number of hydrogen-bond donors (Lipinski definition) is 3. The molecule has 36 heavy (non-hydrogen) atoms. The number of carbonyl (C=O) groups is 1. The van der Waals surface area contributed by atoms with Crippen LogP contribution in [0.4, 0.5) is 0 Å². The molecule has 3 N–H and O–H groups in total. The monoisotopic (exact) mass is 493 g/mol. The van der Waals surface area contributed by atoms with Crippen molar-refractivity contribution in [2.45, 2.75) is 95.8 Å². The molecule has 0 bridgehead atoms. The van der Waals surface area contributed by atoms with Crippen LogP contribution < -0.4 is 15.4 Å². The smallest absolute Gasteiger partial charge is 0.251 e. The maximum absolute atomic E-state index is 12.9. The van der Waals surface area contributed by atoms with Gasteiger partial charge in [-0.3, -0.25) is 14.9 Å². The van der Waals surface area contributed by atoms with E-state index in [2.05, 4.69) is 40.8 Å². The lowest BCUT2D eigenvalue weighted by atomic mass is 10.0. The first-order valence-electron chi connectivity index (χ1n) is 13.6. The topological polar surface area (TPSA) is 83.1 Å². The highest BCUT2D eigenvalue weighted by molar-refractivity contribution is 5.94. The van der Waals surface area contributed by atoms with Gasteiger partial charge in [-0.05, 0) is 56.0 Å². The summed E-state index contributed by atoms with van der Waals surface area (Å²) in [7, 11) is 0. The second-order valence-corrected chi connectivity index (χ2v) is 10.5. The second kappa shape index (κ2) is 11.3. The number of aliphatic hydroxyl groups excluding tert-OH is 1. The Kier molecular flexibility index (Phi) is 7.91. The lowest BCUT2D eigenvalue weighted by molar-refractivity contribution is -0.190. The molecule has 1 saturated heterocycles. The highest BCUT2D eigenvalue weighted by atomic mass is 16.7. The maximum Gasteiger partial charge on any atom is 0.251 e. The van der Waals surface area contributed by atoms with E-state index in [4.69, 9.17) is 9.57 Å². The largest absolute Gasteiger partial charge is 0.491 e. The minimum atomic E-state index is -0.617. The standard InChI is InChI=1S/C29H39N3O4/c1-19(33)21-10-9-11-23(16-21)29(34)31-26-18-35-27-17-22(14-15-25(26)27)28-30-20(2)36-32(28)24-12-7-5-3-4-6-8-13-24/h9-11,14-17,19-20,24,26,28,30,33H,3-8,12-13,18H2,1-2H3,(H,31,34)/t19-,20?,26+,28?/m0/s1. The molecule has 2 aromatic rings. The molecule has 2 fully saturated rings. The van der Waals surface area contributed by atoms with E-state index in [9.17, 15) is 9.90 Å². The van der Waals surface area contributed by atoms with Crippen molar-refractivity contribution in [1.29, 1.82) is 0 Å². The van der Waals surface area contributed by atoms with Gasteiger partial charge in [-0.2, -0.15) is 5.06 Å². The zero-order valence-corrected chi connectivity index (χ0v) is 21.4. The zero-order chi connectivity index (χ0) is 25.1. The second-order valence-electron chi connectivity index (χ2n) is 10.5. The van der Waals surface area contributed by atoms with Gasteiger partial charge in [0, 0.05) is 17.2 Å². The normalized spacial score (nSPS) is 26.4. The van der Waals surface area contributed by atoms with Gasteiger partial charge >= 0.3 is 0 Å². The van der Waals surface area contributed by atoms with Crippen LogP contribution in [0.3, 0.4) is 0 Å². The molecule has 5 rings (SSSR count). The van der Waals surface area contributed by atoms with Gasteiger partial charge in [-0.1, -0.05) is 62.8 Å². The Morgan fingerprint density at radius 2 is 1.83 bits per heavy atom. The molecule has 4 atom stereocenters. The van der Waals surface area contributed by atoms with E-state index in [1.54, 1.807) is 25.1 Å². The average molecular weight is 494 g/mol. The van der Waals surface area contributed by atoms with Crippen LogP contribution in [0.2, 0.25) is 0 Å². The van der Waals surface area contributed by atoms with Gasteiger partial charge in [-0.15, -0.1) is 0 Å². The van der Waals surface area contributed by atoms with Gasteiger partial charge in [0.15, 0.2) is 0 Å². The van der Waals surface area contributed by atoms with Crippen LogP contribution in [0, 0.1) is 0 Å². The van der Waals surface area contributed by atoms with Crippen molar-refractivity contribution in [3.63, 3.8) is 0 Å². The number of nitrogens with one attached hydrogen (secondary N) is 2.